The summed E-state index contributed by atoms with van der Waals surface area (Å²) in [5, 5.41) is 0. The Hall–Kier alpha value is 1.02. The summed E-state index contributed by atoms with van der Waals surface area (Å²) in [6.07, 6.45) is 0. The molecule has 0 saturated heterocycles. The van der Waals surface area contributed by atoms with Gasteiger partial charge in [0, 0.05) is 0 Å². The average Bonchev–Trinajstić information content (AvgIpc) is 0.722. The first-order valence-electron chi connectivity index (χ1n) is 0.894. The minimum absolute atomic E-state index is 0. The van der Waals surface area contributed by atoms with Crippen LogP contribution in [0.1, 0.15) is 1.43 Å². The second-order valence-electron chi connectivity index (χ2n) is 0.600. The normalized spacial score (nSPS) is 8.57. The van der Waals surface area contributed by atoms with E-state index in [-0.39, 0.29) is 37.1 Å². The largest absolute Gasteiger partial charge is 1.00 e. The van der Waals surface area contributed by atoms with E-state index < -0.39 is 9.05 Å². The molecule has 0 heterocycles. The molecule has 0 rings (SSSR count). The predicted molar refractivity (Wildman–Crippen MR) is 20.8 cm³/mol. The maximum Gasteiger partial charge on any atom is 1.00 e. The van der Waals surface area contributed by atoms with Crippen molar-refractivity contribution >= 4 is 9.05 Å². The third kappa shape index (κ3) is 171. The molecule has 0 aromatic heterocycles. The van der Waals surface area contributed by atoms with E-state index in [9.17, 15) is 0 Å². The molecule has 0 atom stereocenters. The van der Waals surface area contributed by atoms with Crippen molar-refractivity contribution in [2.75, 3.05) is 0 Å². The first-order valence-corrected chi connectivity index (χ1v) is 2.68. The van der Waals surface area contributed by atoms with Crippen molar-refractivity contribution in [2.45, 2.75) is 0 Å². The molecule has 7 heavy (non-hydrogen) atoms. The van der Waals surface area contributed by atoms with Crippen LogP contribution in [-0.2, 0) is 0 Å². The summed E-state index contributed by atoms with van der Waals surface area (Å²) in [6, 6.07) is 0. The summed E-state index contributed by atoms with van der Waals surface area (Å²) in [7, 11) is -4.61. The van der Waals surface area contributed by atoms with Crippen LogP contribution in [0.25, 0.3) is 0 Å². The monoisotopic (exact) mass is 137 g/mol. The van der Waals surface area contributed by atoms with Crippen molar-refractivity contribution in [2.24, 2.45) is 0 Å². The predicted octanol–water partition coefficient (Wildman–Crippen LogP) is -5.33. The maximum atomic E-state index is 7.33. The summed E-state index contributed by atoms with van der Waals surface area (Å²) >= 11 is 0. The molecule has 7 heteroatoms. The summed E-state index contributed by atoms with van der Waals surface area (Å²) in [6.45, 7) is 0. The third-order valence-corrected chi connectivity index (χ3v) is 0. The van der Waals surface area contributed by atoms with Gasteiger partial charge < -0.3 is 26.8 Å². The topological polar surface area (TPSA) is 116 Å². The Labute approximate surface area is 65.5 Å². The molecule has 0 radical (unpaired) electrons. The molecule has 0 aromatic rings. The summed E-state index contributed by atoms with van der Waals surface area (Å²) in [4.78, 5) is 29.3. The van der Waals surface area contributed by atoms with Crippen LogP contribution >= 0.6 is 0 Å². The minimum Gasteiger partial charge on any atom is -1.00 e. The van der Waals surface area contributed by atoms with Gasteiger partial charge in [-0.25, -0.2) is 0 Å². The zero-order chi connectivity index (χ0) is 4.50. The van der Waals surface area contributed by atoms with Crippen molar-refractivity contribution in [1.29, 1.82) is 0 Å². The molecule has 5 nitrogen and oxygen atoms in total. The van der Waals surface area contributed by atoms with Crippen LogP contribution in [-0.4, -0.2) is 28.2 Å². The maximum absolute atomic E-state index is 7.33. The Bertz CT molecular complexity index is 31.5. The van der Waals surface area contributed by atoms with Crippen molar-refractivity contribution in [3.63, 3.8) is 0 Å². The van der Waals surface area contributed by atoms with Crippen LogP contribution in [0.2, 0.25) is 0 Å². The van der Waals surface area contributed by atoms with Crippen LogP contribution in [0.3, 0.4) is 0 Å². The molecule has 0 aliphatic rings. The van der Waals surface area contributed by atoms with E-state index in [0.29, 0.717) is 0 Å². The van der Waals surface area contributed by atoms with Gasteiger partial charge in [0.1, 0.15) is 0 Å². The van der Waals surface area contributed by atoms with Crippen LogP contribution in [0.5, 0.6) is 0 Å². The summed E-state index contributed by atoms with van der Waals surface area (Å²) in [5.74, 6) is 0. The smallest absolute Gasteiger partial charge is 1.00 e. The zero-order valence-corrected chi connectivity index (χ0v) is 7.00. The molecule has 0 saturated carbocycles. The summed E-state index contributed by atoms with van der Waals surface area (Å²) < 4.78 is 0. The van der Waals surface area contributed by atoms with E-state index >= 15 is 0 Å². The fourth-order valence-electron chi connectivity index (χ4n) is 0. The zero-order valence-electron chi connectivity index (χ0n) is 5.00. The molecule has 0 amide bonds. The second-order valence-corrected chi connectivity index (χ2v) is 1.80. The Morgan fingerprint density at radius 3 is 1.00 bits per heavy atom. The molecule has 0 aliphatic heterocycles. The van der Waals surface area contributed by atoms with Crippen LogP contribution < -0.4 is 35.7 Å². The molecule has 0 aromatic carbocycles. The van der Waals surface area contributed by atoms with Crippen LogP contribution in [0, 0.1) is 0 Å². The standard InChI is InChI=1S/H3N.Na.H4O4Si.H/c;;1-5(2,3)4;/h1H3;;1-4H;/q;+1;;-1. The van der Waals surface area contributed by atoms with Crippen LogP contribution in [0.15, 0.2) is 0 Å². The quantitative estimate of drug-likeness (QED) is 0.214. The fourth-order valence-corrected chi connectivity index (χ4v) is 0. The van der Waals surface area contributed by atoms with Gasteiger partial charge in [-0.1, -0.05) is 0 Å². The fraction of sp³-hybridized carbons (Fsp3) is 0. The van der Waals surface area contributed by atoms with Gasteiger partial charge in [0.2, 0.25) is 0 Å². The Morgan fingerprint density at radius 2 is 1.00 bits per heavy atom. The first kappa shape index (κ1) is 15.7. The van der Waals surface area contributed by atoms with E-state index in [0.717, 1.165) is 0 Å². The van der Waals surface area contributed by atoms with Crippen LogP contribution in [0.4, 0.5) is 0 Å². The molecule has 7 N–H and O–H groups in total. The molecular weight excluding hydrogens is 129 g/mol. The van der Waals surface area contributed by atoms with Gasteiger partial charge in [-0.15, -0.1) is 0 Å². The van der Waals surface area contributed by atoms with Crippen molar-refractivity contribution < 1.29 is 50.2 Å². The van der Waals surface area contributed by atoms with Crippen molar-refractivity contribution in [3.05, 3.63) is 0 Å². The van der Waals surface area contributed by atoms with E-state index in [1.165, 1.54) is 0 Å². The van der Waals surface area contributed by atoms with E-state index in [1.807, 2.05) is 0 Å². The van der Waals surface area contributed by atoms with Gasteiger partial charge in [-0.2, -0.15) is 0 Å². The van der Waals surface area contributed by atoms with E-state index in [2.05, 4.69) is 0 Å². The SMILES string of the molecule is N.O[Si](O)(O)O.[H-].[Na+]. The average molecular weight is 137 g/mol. The Kier molecular flexibility index (Phi) is 11.6. The second kappa shape index (κ2) is 5.16. The van der Waals surface area contributed by atoms with Gasteiger partial charge in [0.15, 0.2) is 0 Å². The Morgan fingerprint density at radius 1 is 1.00 bits per heavy atom. The number of rotatable bonds is 0. The van der Waals surface area contributed by atoms with E-state index in [1.54, 1.807) is 0 Å². The molecule has 0 spiro atoms. The van der Waals surface area contributed by atoms with Gasteiger partial charge in [-0.3, -0.25) is 0 Å². The molecule has 42 valence electrons. The van der Waals surface area contributed by atoms with Crippen molar-refractivity contribution in [3.8, 4) is 0 Å². The molecule has 0 aliphatic carbocycles. The molecule has 0 fully saturated rings. The van der Waals surface area contributed by atoms with Gasteiger partial charge in [-0.05, 0) is 0 Å². The molecule has 0 bridgehead atoms. The van der Waals surface area contributed by atoms with Gasteiger partial charge in [0.05, 0.1) is 0 Å². The summed E-state index contributed by atoms with van der Waals surface area (Å²) in [5.41, 5.74) is 0. The third-order valence-electron chi connectivity index (χ3n) is 0. The molecule has 0 unspecified atom stereocenters. The van der Waals surface area contributed by atoms with Gasteiger partial charge >= 0.3 is 38.6 Å². The van der Waals surface area contributed by atoms with Crippen molar-refractivity contribution in [1.82, 2.24) is 6.15 Å². The number of hydrogen-bond donors (Lipinski definition) is 5. The first-order chi connectivity index (χ1) is 2.00. The van der Waals surface area contributed by atoms with E-state index in [4.69, 9.17) is 19.2 Å². The molecular formula is H8NNaO4Si. The number of hydrogen-bond acceptors (Lipinski definition) is 5. The van der Waals surface area contributed by atoms with Gasteiger partial charge in [0.25, 0.3) is 0 Å². The Balaban J connectivity index is -0.0000000267. The minimum atomic E-state index is -4.61.